The van der Waals surface area contributed by atoms with E-state index in [1.807, 2.05) is 24.3 Å². The summed E-state index contributed by atoms with van der Waals surface area (Å²) in [5, 5.41) is 10.6. The fourth-order valence-corrected chi connectivity index (χ4v) is 1.96. The molecule has 0 atom stereocenters. The minimum atomic E-state index is -0.133. The summed E-state index contributed by atoms with van der Waals surface area (Å²) in [6.07, 6.45) is 1.67. The second kappa shape index (κ2) is 6.29. The van der Waals surface area contributed by atoms with Gasteiger partial charge in [-0.3, -0.25) is 4.79 Å². The minimum absolute atomic E-state index is 0.124. The molecule has 0 unspecified atom stereocenters. The lowest BCUT2D eigenvalue weighted by atomic mass is 10.0. The van der Waals surface area contributed by atoms with E-state index in [-0.39, 0.29) is 12.5 Å². The molecule has 0 saturated heterocycles. The molecule has 2 rings (SSSR count). The summed E-state index contributed by atoms with van der Waals surface area (Å²) >= 11 is 0. The van der Waals surface area contributed by atoms with Gasteiger partial charge in [0, 0.05) is 12.2 Å². The number of nitrogens with one attached hydrogen (secondary N) is 1. The molecule has 3 N–H and O–H groups in total. The Bertz CT molecular complexity index is 591. The number of hydrogen-bond acceptors (Lipinski definition) is 4. The Morgan fingerprint density at radius 1 is 1.40 bits per heavy atom. The second-order valence-corrected chi connectivity index (χ2v) is 4.90. The molecule has 20 heavy (non-hydrogen) atoms. The van der Waals surface area contributed by atoms with Gasteiger partial charge in [0.05, 0.1) is 11.9 Å². The number of hydrogen-bond donors (Lipinski definition) is 2. The Hall–Kier alpha value is -2.21. The third-order valence-electron chi connectivity index (χ3n) is 2.96. The van der Waals surface area contributed by atoms with Crippen molar-refractivity contribution in [3.05, 3.63) is 41.7 Å². The number of amides is 1. The Labute approximate surface area is 118 Å². The summed E-state index contributed by atoms with van der Waals surface area (Å²) in [7, 11) is 0. The van der Waals surface area contributed by atoms with E-state index >= 15 is 0 Å². The standard InChI is InChI=1S/C14H19N5O/c1-10(2)12-5-3-4-6-13(12)16-14(20)9-19-8-11(7-15)17-18-19/h3-6,8,10H,7,9,15H2,1-2H3,(H,16,20). The highest BCUT2D eigenvalue weighted by Crippen LogP contribution is 2.23. The van der Waals surface area contributed by atoms with Crippen LogP contribution in [0.2, 0.25) is 0 Å². The van der Waals surface area contributed by atoms with Gasteiger partial charge in [0.1, 0.15) is 6.54 Å². The van der Waals surface area contributed by atoms with Crippen LogP contribution in [0.4, 0.5) is 5.69 Å². The van der Waals surface area contributed by atoms with Gasteiger partial charge in [0.2, 0.25) is 5.91 Å². The van der Waals surface area contributed by atoms with Crippen molar-refractivity contribution < 1.29 is 4.79 Å². The Morgan fingerprint density at radius 3 is 2.80 bits per heavy atom. The molecule has 0 aliphatic heterocycles. The zero-order valence-corrected chi connectivity index (χ0v) is 11.7. The molecule has 6 nitrogen and oxygen atoms in total. The monoisotopic (exact) mass is 273 g/mol. The SMILES string of the molecule is CC(C)c1ccccc1NC(=O)Cn1cc(CN)nn1. The number of anilines is 1. The van der Waals surface area contributed by atoms with Crippen molar-refractivity contribution in [1.29, 1.82) is 0 Å². The normalized spacial score (nSPS) is 10.8. The first-order chi connectivity index (χ1) is 9.60. The van der Waals surface area contributed by atoms with Gasteiger partial charge in [-0.2, -0.15) is 0 Å². The maximum Gasteiger partial charge on any atom is 0.246 e. The van der Waals surface area contributed by atoms with Crippen molar-refractivity contribution in [1.82, 2.24) is 15.0 Å². The van der Waals surface area contributed by atoms with E-state index in [2.05, 4.69) is 29.5 Å². The highest BCUT2D eigenvalue weighted by Gasteiger charge is 2.10. The zero-order chi connectivity index (χ0) is 14.5. The van der Waals surface area contributed by atoms with Crippen LogP contribution in [0, 0.1) is 0 Å². The number of carbonyl (C=O) groups is 1. The number of rotatable bonds is 5. The average Bonchev–Trinajstić information content (AvgIpc) is 2.86. The van der Waals surface area contributed by atoms with Gasteiger partial charge in [0.25, 0.3) is 0 Å². The molecule has 106 valence electrons. The van der Waals surface area contributed by atoms with Crippen LogP contribution in [0.25, 0.3) is 0 Å². The number of para-hydroxylation sites is 1. The first kappa shape index (κ1) is 14.2. The minimum Gasteiger partial charge on any atom is -0.325 e. The Balaban J connectivity index is 2.04. The quantitative estimate of drug-likeness (QED) is 0.864. The highest BCUT2D eigenvalue weighted by molar-refractivity contribution is 5.91. The van der Waals surface area contributed by atoms with Crippen LogP contribution in [-0.4, -0.2) is 20.9 Å². The maximum atomic E-state index is 12.0. The van der Waals surface area contributed by atoms with Crippen LogP contribution in [0.15, 0.2) is 30.5 Å². The number of nitrogens with two attached hydrogens (primary N) is 1. The van der Waals surface area contributed by atoms with E-state index in [0.717, 1.165) is 11.3 Å². The van der Waals surface area contributed by atoms with E-state index < -0.39 is 0 Å². The summed E-state index contributed by atoms with van der Waals surface area (Å²) < 4.78 is 1.48. The third-order valence-corrected chi connectivity index (χ3v) is 2.96. The van der Waals surface area contributed by atoms with Crippen molar-refractivity contribution in [2.45, 2.75) is 32.9 Å². The zero-order valence-electron chi connectivity index (χ0n) is 11.7. The number of carbonyl (C=O) groups excluding carboxylic acids is 1. The van der Waals surface area contributed by atoms with Gasteiger partial charge in [-0.1, -0.05) is 37.3 Å². The molecule has 0 aliphatic rings. The fourth-order valence-electron chi connectivity index (χ4n) is 1.96. The predicted molar refractivity (Wildman–Crippen MR) is 77.1 cm³/mol. The number of nitrogens with zero attached hydrogens (tertiary/aromatic N) is 3. The van der Waals surface area contributed by atoms with E-state index in [0.29, 0.717) is 18.2 Å². The first-order valence-electron chi connectivity index (χ1n) is 6.58. The van der Waals surface area contributed by atoms with Crippen molar-refractivity contribution in [2.75, 3.05) is 5.32 Å². The third kappa shape index (κ3) is 3.42. The van der Waals surface area contributed by atoms with Crippen molar-refractivity contribution in [3.63, 3.8) is 0 Å². The molecule has 1 heterocycles. The molecule has 0 bridgehead atoms. The van der Waals surface area contributed by atoms with Crippen LogP contribution in [0.1, 0.15) is 31.0 Å². The van der Waals surface area contributed by atoms with Crippen molar-refractivity contribution in [3.8, 4) is 0 Å². The second-order valence-electron chi connectivity index (χ2n) is 4.90. The fraction of sp³-hybridized carbons (Fsp3) is 0.357. The maximum absolute atomic E-state index is 12.0. The van der Waals surface area contributed by atoms with Gasteiger partial charge in [-0.25, -0.2) is 4.68 Å². The van der Waals surface area contributed by atoms with E-state index in [4.69, 9.17) is 5.73 Å². The predicted octanol–water partition coefficient (Wildman–Crippen LogP) is 1.50. The van der Waals surface area contributed by atoms with Gasteiger partial charge in [0.15, 0.2) is 0 Å². The van der Waals surface area contributed by atoms with Crippen LogP contribution >= 0.6 is 0 Å². The molecule has 1 aromatic heterocycles. The molecular formula is C14H19N5O. The van der Waals surface area contributed by atoms with E-state index in [1.165, 1.54) is 4.68 Å². The summed E-state index contributed by atoms with van der Waals surface area (Å²) in [5.74, 6) is 0.216. The molecule has 2 aromatic rings. The van der Waals surface area contributed by atoms with Gasteiger partial charge in [-0.05, 0) is 17.5 Å². The molecule has 1 aromatic carbocycles. The molecule has 0 radical (unpaired) electrons. The first-order valence-corrected chi connectivity index (χ1v) is 6.58. The summed E-state index contributed by atoms with van der Waals surface area (Å²) in [5.41, 5.74) is 8.07. The summed E-state index contributed by atoms with van der Waals surface area (Å²) in [4.78, 5) is 12.0. The number of aromatic nitrogens is 3. The highest BCUT2D eigenvalue weighted by atomic mass is 16.2. The van der Waals surface area contributed by atoms with E-state index in [9.17, 15) is 4.79 Å². The van der Waals surface area contributed by atoms with Crippen molar-refractivity contribution >= 4 is 11.6 Å². The van der Waals surface area contributed by atoms with Crippen LogP contribution in [0.3, 0.4) is 0 Å². The summed E-state index contributed by atoms with van der Waals surface area (Å²) in [6, 6.07) is 7.79. The van der Waals surface area contributed by atoms with Gasteiger partial charge in [-0.15, -0.1) is 5.10 Å². The van der Waals surface area contributed by atoms with Gasteiger partial charge >= 0.3 is 0 Å². The number of benzene rings is 1. The molecule has 0 aliphatic carbocycles. The lowest BCUT2D eigenvalue weighted by Gasteiger charge is -2.13. The molecule has 1 amide bonds. The Morgan fingerprint density at radius 2 is 2.15 bits per heavy atom. The molecule has 6 heteroatoms. The summed E-state index contributed by atoms with van der Waals surface area (Å²) in [6.45, 7) is 4.63. The lowest BCUT2D eigenvalue weighted by Crippen LogP contribution is -2.20. The molecule has 0 saturated carbocycles. The largest absolute Gasteiger partial charge is 0.325 e. The van der Waals surface area contributed by atoms with Crippen LogP contribution < -0.4 is 11.1 Å². The Kier molecular flexibility index (Phi) is 4.47. The van der Waals surface area contributed by atoms with Crippen molar-refractivity contribution in [2.24, 2.45) is 5.73 Å². The smallest absolute Gasteiger partial charge is 0.246 e. The van der Waals surface area contributed by atoms with Crippen LogP contribution in [0.5, 0.6) is 0 Å². The molecule has 0 spiro atoms. The molecular weight excluding hydrogens is 254 g/mol. The van der Waals surface area contributed by atoms with E-state index in [1.54, 1.807) is 6.20 Å². The topological polar surface area (TPSA) is 85.8 Å². The molecule has 0 fully saturated rings. The van der Waals surface area contributed by atoms with Gasteiger partial charge < -0.3 is 11.1 Å². The lowest BCUT2D eigenvalue weighted by molar-refractivity contribution is -0.116. The average molecular weight is 273 g/mol. The van der Waals surface area contributed by atoms with Crippen LogP contribution in [-0.2, 0) is 17.9 Å².